The first-order valence-corrected chi connectivity index (χ1v) is 5.75. The third kappa shape index (κ3) is 3.38. The molecule has 0 aliphatic rings. The lowest BCUT2D eigenvalue weighted by Gasteiger charge is -2.04. The highest BCUT2D eigenvalue weighted by Gasteiger charge is 2.13. The fraction of sp³-hybridized carbons (Fsp3) is 0.231. The summed E-state index contributed by atoms with van der Waals surface area (Å²) in [4.78, 5) is 10.3. The van der Waals surface area contributed by atoms with Crippen molar-refractivity contribution in [3.05, 3.63) is 63.3 Å². The molecule has 6 heteroatoms. The number of rotatable bonds is 5. The number of benzene rings is 1. The van der Waals surface area contributed by atoms with Crippen molar-refractivity contribution in [1.29, 1.82) is 0 Å². The summed E-state index contributed by atoms with van der Waals surface area (Å²) in [6.45, 7) is 2.47. The average molecular weight is 264 g/mol. The fourth-order valence-corrected chi connectivity index (χ4v) is 1.77. The first kappa shape index (κ1) is 13.2. The van der Waals surface area contributed by atoms with Crippen LogP contribution in [-0.4, -0.2) is 4.92 Å². The Kier molecular flexibility index (Phi) is 3.91. The summed E-state index contributed by atoms with van der Waals surface area (Å²) in [5.74, 6) is 1.04. The SMILES string of the molecule is Cc1ccc(CNCc2cc(F)ccc2[N+](=O)[O-])o1. The van der Waals surface area contributed by atoms with E-state index >= 15 is 0 Å². The number of nitro groups is 1. The third-order valence-corrected chi connectivity index (χ3v) is 2.65. The molecular weight excluding hydrogens is 251 g/mol. The van der Waals surface area contributed by atoms with Crippen LogP contribution in [0.5, 0.6) is 0 Å². The van der Waals surface area contributed by atoms with Crippen LogP contribution in [0.15, 0.2) is 34.7 Å². The van der Waals surface area contributed by atoms with Crippen molar-refractivity contribution in [3.8, 4) is 0 Å². The molecule has 19 heavy (non-hydrogen) atoms. The molecule has 100 valence electrons. The number of nitrogens with one attached hydrogen (secondary N) is 1. The van der Waals surface area contributed by atoms with Gasteiger partial charge in [0.25, 0.3) is 5.69 Å². The van der Waals surface area contributed by atoms with Gasteiger partial charge in [-0.3, -0.25) is 10.1 Å². The number of hydrogen-bond donors (Lipinski definition) is 1. The largest absolute Gasteiger partial charge is 0.465 e. The molecule has 0 fully saturated rings. The molecule has 1 aromatic heterocycles. The van der Waals surface area contributed by atoms with E-state index in [1.165, 1.54) is 12.1 Å². The van der Waals surface area contributed by atoms with Crippen molar-refractivity contribution < 1.29 is 13.7 Å². The molecule has 2 aromatic rings. The van der Waals surface area contributed by atoms with Crippen LogP contribution in [0.1, 0.15) is 17.1 Å². The van der Waals surface area contributed by atoms with Crippen LogP contribution in [0.2, 0.25) is 0 Å². The Morgan fingerprint density at radius 2 is 2.11 bits per heavy atom. The number of furan rings is 1. The van der Waals surface area contributed by atoms with E-state index in [-0.39, 0.29) is 12.2 Å². The molecule has 0 bridgehead atoms. The summed E-state index contributed by atoms with van der Waals surface area (Å²) in [7, 11) is 0. The molecule has 1 N–H and O–H groups in total. The van der Waals surface area contributed by atoms with Crippen molar-refractivity contribution in [2.45, 2.75) is 20.0 Å². The van der Waals surface area contributed by atoms with Crippen LogP contribution in [0.4, 0.5) is 10.1 Å². The van der Waals surface area contributed by atoms with Gasteiger partial charge >= 0.3 is 0 Å². The molecule has 0 aliphatic carbocycles. The molecule has 5 nitrogen and oxygen atoms in total. The van der Waals surface area contributed by atoms with Crippen LogP contribution in [0.3, 0.4) is 0 Å². The third-order valence-electron chi connectivity index (χ3n) is 2.65. The molecular formula is C13H13FN2O3. The van der Waals surface area contributed by atoms with E-state index in [9.17, 15) is 14.5 Å². The maximum absolute atomic E-state index is 13.1. The highest BCUT2D eigenvalue weighted by atomic mass is 19.1. The van der Waals surface area contributed by atoms with E-state index in [1.807, 2.05) is 19.1 Å². The second-order valence-corrected chi connectivity index (χ2v) is 4.15. The predicted octanol–water partition coefficient (Wildman–Crippen LogP) is 2.93. The quantitative estimate of drug-likeness (QED) is 0.666. The lowest BCUT2D eigenvalue weighted by Crippen LogP contribution is -2.13. The molecule has 0 saturated heterocycles. The normalized spacial score (nSPS) is 10.6. The second kappa shape index (κ2) is 5.62. The highest BCUT2D eigenvalue weighted by Crippen LogP contribution is 2.19. The van der Waals surface area contributed by atoms with Gasteiger partial charge in [-0.2, -0.15) is 0 Å². The van der Waals surface area contributed by atoms with Crippen LogP contribution in [0.25, 0.3) is 0 Å². The first-order chi connectivity index (χ1) is 9.06. The Morgan fingerprint density at radius 1 is 1.32 bits per heavy atom. The first-order valence-electron chi connectivity index (χ1n) is 5.75. The van der Waals surface area contributed by atoms with Gasteiger partial charge in [-0.05, 0) is 31.2 Å². The van der Waals surface area contributed by atoms with Gasteiger partial charge < -0.3 is 9.73 Å². The Labute approximate surface area is 109 Å². The maximum Gasteiger partial charge on any atom is 0.274 e. The Hall–Kier alpha value is -2.21. The topological polar surface area (TPSA) is 68.3 Å². The van der Waals surface area contributed by atoms with Crippen LogP contribution in [0, 0.1) is 22.9 Å². The van der Waals surface area contributed by atoms with E-state index in [0.29, 0.717) is 12.1 Å². The van der Waals surface area contributed by atoms with Crippen LogP contribution in [-0.2, 0) is 13.1 Å². The van der Waals surface area contributed by atoms with Gasteiger partial charge in [-0.1, -0.05) is 0 Å². The van der Waals surface area contributed by atoms with E-state index in [1.54, 1.807) is 0 Å². The molecule has 0 atom stereocenters. The highest BCUT2D eigenvalue weighted by molar-refractivity contribution is 5.40. The summed E-state index contributed by atoms with van der Waals surface area (Å²) < 4.78 is 18.4. The van der Waals surface area contributed by atoms with Crippen molar-refractivity contribution in [1.82, 2.24) is 5.32 Å². The number of nitro benzene ring substituents is 1. The van der Waals surface area contributed by atoms with Gasteiger partial charge in [0.1, 0.15) is 17.3 Å². The molecule has 0 aliphatic heterocycles. The molecule has 2 rings (SSSR count). The minimum absolute atomic E-state index is 0.0930. The second-order valence-electron chi connectivity index (χ2n) is 4.15. The lowest BCUT2D eigenvalue weighted by molar-refractivity contribution is -0.385. The van der Waals surface area contributed by atoms with Gasteiger partial charge in [-0.25, -0.2) is 4.39 Å². The van der Waals surface area contributed by atoms with Crippen LogP contribution < -0.4 is 5.32 Å². The predicted molar refractivity (Wildman–Crippen MR) is 67.0 cm³/mol. The summed E-state index contributed by atoms with van der Waals surface area (Å²) in [6, 6.07) is 7.07. The molecule has 0 unspecified atom stereocenters. The zero-order valence-electron chi connectivity index (χ0n) is 10.4. The number of halogens is 1. The zero-order chi connectivity index (χ0) is 13.8. The number of aryl methyl sites for hydroxylation is 1. The summed E-state index contributed by atoms with van der Waals surface area (Å²) >= 11 is 0. The van der Waals surface area contributed by atoms with Gasteiger partial charge in [0, 0.05) is 18.2 Å². The fourth-order valence-electron chi connectivity index (χ4n) is 1.77. The molecule has 1 aromatic carbocycles. The van der Waals surface area contributed by atoms with Crippen molar-refractivity contribution in [3.63, 3.8) is 0 Å². The molecule has 0 saturated carbocycles. The van der Waals surface area contributed by atoms with Gasteiger partial charge in [-0.15, -0.1) is 0 Å². The smallest absolute Gasteiger partial charge is 0.274 e. The number of nitrogens with zero attached hydrogens (tertiary/aromatic N) is 1. The van der Waals surface area contributed by atoms with Gasteiger partial charge in [0.05, 0.1) is 11.5 Å². The van der Waals surface area contributed by atoms with E-state index in [0.717, 1.165) is 17.6 Å². The van der Waals surface area contributed by atoms with E-state index in [2.05, 4.69) is 5.32 Å². The summed E-state index contributed by atoms with van der Waals surface area (Å²) in [5.41, 5.74) is 0.220. The van der Waals surface area contributed by atoms with Crippen molar-refractivity contribution in [2.75, 3.05) is 0 Å². The van der Waals surface area contributed by atoms with E-state index in [4.69, 9.17) is 4.42 Å². The minimum Gasteiger partial charge on any atom is -0.465 e. The maximum atomic E-state index is 13.1. The molecule has 1 heterocycles. The lowest BCUT2D eigenvalue weighted by atomic mass is 10.1. The Bertz CT molecular complexity index is 595. The Morgan fingerprint density at radius 3 is 2.74 bits per heavy atom. The zero-order valence-corrected chi connectivity index (χ0v) is 10.4. The monoisotopic (exact) mass is 264 g/mol. The van der Waals surface area contributed by atoms with E-state index < -0.39 is 10.7 Å². The summed E-state index contributed by atoms with van der Waals surface area (Å²) in [5, 5.41) is 13.8. The molecule has 0 amide bonds. The van der Waals surface area contributed by atoms with Gasteiger partial charge in [0.15, 0.2) is 0 Å². The van der Waals surface area contributed by atoms with Crippen molar-refractivity contribution in [2.24, 2.45) is 0 Å². The molecule has 0 spiro atoms. The molecule has 0 radical (unpaired) electrons. The average Bonchev–Trinajstić information content (AvgIpc) is 2.75. The summed E-state index contributed by atoms with van der Waals surface area (Å²) in [6.07, 6.45) is 0. The van der Waals surface area contributed by atoms with Gasteiger partial charge in [0.2, 0.25) is 0 Å². The minimum atomic E-state index is -0.520. The number of hydrogen-bond acceptors (Lipinski definition) is 4. The van der Waals surface area contributed by atoms with Crippen molar-refractivity contribution >= 4 is 5.69 Å². The Balaban J connectivity index is 2.02. The van der Waals surface area contributed by atoms with Crippen LogP contribution >= 0.6 is 0 Å². The standard InChI is InChI=1S/C13H13FN2O3/c1-9-2-4-12(19-9)8-15-7-10-6-11(14)3-5-13(10)16(17)18/h2-6,15H,7-8H2,1H3.